The lowest BCUT2D eigenvalue weighted by Gasteiger charge is -2.17. The van der Waals surface area contributed by atoms with Gasteiger partial charge in [-0.15, -0.1) is 0 Å². The van der Waals surface area contributed by atoms with Crippen LogP contribution in [-0.4, -0.2) is 21.9 Å². The summed E-state index contributed by atoms with van der Waals surface area (Å²) < 4.78 is 20.8. The molecule has 0 amide bonds. The summed E-state index contributed by atoms with van der Waals surface area (Å²) in [5, 5.41) is 4.22. The highest BCUT2D eigenvalue weighted by atomic mass is 19.1. The van der Waals surface area contributed by atoms with Gasteiger partial charge in [0.15, 0.2) is 5.75 Å². The summed E-state index contributed by atoms with van der Waals surface area (Å²) in [6, 6.07) is 2.24. The van der Waals surface area contributed by atoms with Crippen molar-refractivity contribution < 1.29 is 9.13 Å². The van der Waals surface area contributed by atoms with Crippen LogP contribution in [0.2, 0.25) is 0 Å². The second-order valence-electron chi connectivity index (χ2n) is 4.48. The second kappa shape index (κ2) is 5.36. The van der Waals surface area contributed by atoms with E-state index in [0.29, 0.717) is 11.4 Å². The van der Waals surface area contributed by atoms with Crippen LogP contribution in [-0.2, 0) is 0 Å². The Morgan fingerprint density at radius 2 is 2.16 bits per heavy atom. The average Bonchev–Trinajstić information content (AvgIpc) is 2.82. The van der Waals surface area contributed by atoms with Crippen LogP contribution in [0.15, 0.2) is 24.5 Å². The largest absolute Gasteiger partial charge is 0.493 e. The first-order chi connectivity index (χ1) is 9.06. The van der Waals surface area contributed by atoms with E-state index in [2.05, 4.69) is 10.1 Å². The van der Waals surface area contributed by atoms with E-state index >= 15 is 0 Å². The quantitative estimate of drug-likeness (QED) is 0.917. The fourth-order valence-corrected chi connectivity index (χ4v) is 1.98. The van der Waals surface area contributed by atoms with Gasteiger partial charge in [-0.1, -0.05) is 0 Å². The predicted molar refractivity (Wildman–Crippen MR) is 69.4 cm³/mol. The fourth-order valence-electron chi connectivity index (χ4n) is 1.98. The van der Waals surface area contributed by atoms with Crippen LogP contribution >= 0.6 is 0 Å². The molecule has 0 spiro atoms. The number of nitrogens with zero attached hydrogens (tertiary/aromatic N) is 3. The number of halogens is 1. The van der Waals surface area contributed by atoms with Gasteiger partial charge in [0.2, 0.25) is 0 Å². The second-order valence-corrected chi connectivity index (χ2v) is 4.48. The molecule has 0 aromatic carbocycles. The van der Waals surface area contributed by atoms with E-state index in [0.717, 1.165) is 0 Å². The molecule has 0 aliphatic heterocycles. The minimum Gasteiger partial charge on any atom is -0.493 e. The third kappa shape index (κ3) is 2.44. The van der Waals surface area contributed by atoms with E-state index in [1.165, 1.54) is 25.4 Å². The van der Waals surface area contributed by atoms with E-state index in [-0.39, 0.29) is 11.7 Å². The topological polar surface area (TPSA) is 66.0 Å². The molecule has 0 saturated carbocycles. The smallest absolute Gasteiger partial charge is 0.161 e. The van der Waals surface area contributed by atoms with E-state index in [4.69, 9.17) is 10.5 Å². The highest BCUT2D eigenvalue weighted by molar-refractivity contribution is 5.34. The molecular weight excluding hydrogens is 247 g/mol. The van der Waals surface area contributed by atoms with Gasteiger partial charge in [0, 0.05) is 12.2 Å². The highest BCUT2D eigenvalue weighted by Gasteiger charge is 2.24. The van der Waals surface area contributed by atoms with E-state index in [9.17, 15) is 4.39 Å². The first-order valence-corrected chi connectivity index (χ1v) is 6.03. The lowest BCUT2D eigenvalue weighted by atomic mass is 10.1. The molecule has 1 unspecified atom stereocenters. The maximum absolute atomic E-state index is 13.8. The van der Waals surface area contributed by atoms with E-state index in [1.54, 1.807) is 10.9 Å². The van der Waals surface area contributed by atoms with Crippen molar-refractivity contribution in [2.75, 3.05) is 7.11 Å². The van der Waals surface area contributed by atoms with Gasteiger partial charge in [0.1, 0.15) is 11.5 Å². The number of aromatic nitrogens is 3. The zero-order valence-corrected chi connectivity index (χ0v) is 11.2. The van der Waals surface area contributed by atoms with Gasteiger partial charge < -0.3 is 10.5 Å². The van der Waals surface area contributed by atoms with Crippen molar-refractivity contribution in [3.8, 4) is 5.75 Å². The van der Waals surface area contributed by atoms with Crippen LogP contribution in [0.5, 0.6) is 5.75 Å². The molecule has 19 heavy (non-hydrogen) atoms. The van der Waals surface area contributed by atoms with Crippen LogP contribution in [0.4, 0.5) is 4.39 Å². The lowest BCUT2D eigenvalue weighted by molar-refractivity contribution is 0.399. The maximum Gasteiger partial charge on any atom is 0.161 e. The van der Waals surface area contributed by atoms with Crippen molar-refractivity contribution in [3.63, 3.8) is 0 Å². The highest BCUT2D eigenvalue weighted by Crippen LogP contribution is 2.30. The molecule has 0 fully saturated rings. The molecule has 102 valence electrons. The van der Waals surface area contributed by atoms with Crippen molar-refractivity contribution in [2.24, 2.45) is 5.73 Å². The first kappa shape index (κ1) is 13.5. The van der Waals surface area contributed by atoms with Crippen LogP contribution in [0.1, 0.15) is 37.3 Å². The summed E-state index contributed by atoms with van der Waals surface area (Å²) in [5.74, 6) is 0.0970. The number of hydrogen-bond acceptors (Lipinski definition) is 4. The molecule has 0 aliphatic carbocycles. The third-order valence-corrected chi connectivity index (χ3v) is 2.88. The predicted octanol–water partition coefficient (Wildman–Crippen LogP) is 2.05. The minimum absolute atomic E-state index is 0.0942. The van der Waals surface area contributed by atoms with Gasteiger partial charge in [0.05, 0.1) is 25.0 Å². The van der Waals surface area contributed by atoms with Gasteiger partial charge in [0.25, 0.3) is 0 Å². The minimum atomic E-state index is -0.721. The molecular formula is C13H17FN4O. The number of rotatable bonds is 4. The van der Waals surface area contributed by atoms with Crippen LogP contribution in [0.3, 0.4) is 0 Å². The molecule has 0 saturated heterocycles. The molecule has 0 bridgehead atoms. The molecule has 2 aromatic heterocycles. The Morgan fingerprint density at radius 1 is 1.42 bits per heavy atom. The summed E-state index contributed by atoms with van der Waals surface area (Å²) in [4.78, 5) is 4.01. The van der Waals surface area contributed by atoms with Crippen molar-refractivity contribution in [3.05, 3.63) is 41.7 Å². The molecule has 0 radical (unpaired) electrons. The number of methoxy groups -OCH3 is 1. The maximum atomic E-state index is 13.8. The normalized spacial score (nSPS) is 12.7. The Kier molecular flexibility index (Phi) is 3.80. The van der Waals surface area contributed by atoms with Crippen LogP contribution in [0, 0.1) is 5.82 Å². The Morgan fingerprint density at radius 3 is 2.74 bits per heavy atom. The molecule has 6 heteroatoms. The van der Waals surface area contributed by atoms with Crippen molar-refractivity contribution in [1.29, 1.82) is 0 Å². The fraction of sp³-hybridized carbons (Fsp3) is 0.385. The summed E-state index contributed by atoms with van der Waals surface area (Å²) in [5.41, 5.74) is 6.94. The molecule has 0 aliphatic rings. The Labute approximate surface area is 111 Å². The number of nitrogens with two attached hydrogens (primary N) is 1. The monoisotopic (exact) mass is 264 g/mol. The van der Waals surface area contributed by atoms with Gasteiger partial charge in [-0.25, -0.2) is 4.39 Å². The number of hydrogen-bond donors (Lipinski definition) is 1. The van der Waals surface area contributed by atoms with Gasteiger partial charge in [-0.05, 0) is 26.0 Å². The number of ether oxygens (including phenoxy) is 1. The third-order valence-electron chi connectivity index (χ3n) is 2.88. The standard InChI is InChI=1S/C13H17FN4O/c1-8(2)18-13(10(19-3)7-17-18)11(15)12-9(14)5-4-6-16-12/h4-8,11H,15H2,1-3H3. The first-order valence-electron chi connectivity index (χ1n) is 6.03. The summed E-state index contributed by atoms with van der Waals surface area (Å²) >= 11 is 0. The lowest BCUT2D eigenvalue weighted by Crippen LogP contribution is -2.21. The molecule has 2 rings (SSSR count). The number of pyridine rings is 1. The SMILES string of the molecule is COc1cnn(C(C)C)c1C(N)c1ncccc1F. The Balaban J connectivity index is 2.52. The Hall–Kier alpha value is -1.95. The van der Waals surface area contributed by atoms with Gasteiger partial charge in [-0.3, -0.25) is 9.67 Å². The average molecular weight is 264 g/mol. The van der Waals surface area contributed by atoms with Crippen molar-refractivity contribution in [2.45, 2.75) is 25.9 Å². The summed E-state index contributed by atoms with van der Waals surface area (Å²) in [7, 11) is 1.53. The summed E-state index contributed by atoms with van der Waals surface area (Å²) in [6.45, 7) is 3.94. The molecule has 2 N–H and O–H groups in total. The van der Waals surface area contributed by atoms with E-state index < -0.39 is 11.9 Å². The van der Waals surface area contributed by atoms with Crippen molar-refractivity contribution in [1.82, 2.24) is 14.8 Å². The van der Waals surface area contributed by atoms with Crippen LogP contribution in [0.25, 0.3) is 0 Å². The molecule has 5 nitrogen and oxygen atoms in total. The molecule has 1 atom stereocenters. The summed E-state index contributed by atoms with van der Waals surface area (Å²) in [6.07, 6.45) is 3.09. The van der Waals surface area contributed by atoms with Crippen molar-refractivity contribution >= 4 is 0 Å². The zero-order chi connectivity index (χ0) is 14.0. The van der Waals surface area contributed by atoms with Gasteiger partial charge >= 0.3 is 0 Å². The molecule has 2 heterocycles. The molecule has 2 aromatic rings. The zero-order valence-electron chi connectivity index (χ0n) is 11.2. The Bertz CT molecular complexity index is 568. The van der Waals surface area contributed by atoms with Crippen LogP contribution < -0.4 is 10.5 Å². The van der Waals surface area contributed by atoms with Gasteiger partial charge in [-0.2, -0.15) is 5.10 Å². The van der Waals surface area contributed by atoms with E-state index in [1.807, 2.05) is 13.8 Å².